The lowest BCUT2D eigenvalue weighted by atomic mass is 9.86. The van der Waals surface area contributed by atoms with E-state index in [1.165, 1.54) is 0 Å². The van der Waals surface area contributed by atoms with E-state index in [9.17, 15) is 9.59 Å². The van der Waals surface area contributed by atoms with Crippen LogP contribution >= 0.6 is 0 Å². The summed E-state index contributed by atoms with van der Waals surface area (Å²) in [5, 5.41) is 10.6. The molecule has 0 radical (unpaired) electrons. The van der Waals surface area contributed by atoms with Gasteiger partial charge < -0.3 is 25.4 Å². The van der Waals surface area contributed by atoms with Gasteiger partial charge in [0.1, 0.15) is 22.6 Å². The molecule has 0 saturated carbocycles. The summed E-state index contributed by atoms with van der Waals surface area (Å²) in [5.41, 5.74) is 3.51. The van der Waals surface area contributed by atoms with Crippen LogP contribution in [-0.2, 0) is 9.47 Å². The summed E-state index contributed by atoms with van der Waals surface area (Å²) in [7, 11) is 0. The van der Waals surface area contributed by atoms with Crippen molar-refractivity contribution in [1.82, 2.24) is 10.2 Å². The average Bonchev–Trinajstić information content (AvgIpc) is 2.34. The molecule has 0 atom stereocenters. The van der Waals surface area contributed by atoms with E-state index in [-0.39, 0.29) is 5.84 Å². The van der Waals surface area contributed by atoms with Gasteiger partial charge in [0.05, 0.1) is 0 Å². The van der Waals surface area contributed by atoms with Gasteiger partial charge in [-0.2, -0.15) is 0 Å². The number of hydrogen-bond donors (Lipinski definition) is 3. The largest absolute Gasteiger partial charge is 0.444 e. The van der Waals surface area contributed by atoms with Gasteiger partial charge in [0, 0.05) is 13.1 Å². The molecule has 0 bridgehead atoms. The highest BCUT2D eigenvalue weighted by atomic mass is 16.6. The molecule has 1 aliphatic heterocycles. The van der Waals surface area contributed by atoms with Crippen molar-refractivity contribution in [2.45, 2.75) is 71.1 Å². The second-order valence-electron chi connectivity index (χ2n) is 8.09. The van der Waals surface area contributed by atoms with E-state index < -0.39 is 28.9 Å². The first-order chi connectivity index (χ1) is 10.7. The molecule has 0 aliphatic carbocycles. The molecule has 0 unspecified atom stereocenters. The second-order valence-corrected chi connectivity index (χ2v) is 8.09. The highest BCUT2D eigenvalue weighted by Crippen LogP contribution is 2.24. The Kier molecular flexibility index (Phi) is 5.74. The quantitative estimate of drug-likeness (QED) is 0.525. The van der Waals surface area contributed by atoms with Crippen molar-refractivity contribution >= 4 is 18.0 Å². The SMILES string of the molecule is CC(C)(C)OC(=O)NC1(C(=N)N)CCN(C(=O)OC(C)(C)C)CC1. The van der Waals surface area contributed by atoms with Crippen LogP contribution in [0.1, 0.15) is 54.4 Å². The molecule has 1 saturated heterocycles. The number of nitrogens with two attached hydrogens (primary N) is 1. The monoisotopic (exact) mass is 342 g/mol. The molecule has 0 aromatic carbocycles. The number of amides is 2. The van der Waals surface area contributed by atoms with E-state index in [1.54, 1.807) is 46.4 Å². The molecule has 24 heavy (non-hydrogen) atoms. The number of nitrogens with one attached hydrogen (secondary N) is 2. The molecule has 1 aliphatic rings. The lowest BCUT2D eigenvalue weighted by Crippen LogP contribution is -2.63. The van der Waals surface area contributed by atoms with E-state index in [1.807, 2.05) is 0 Å². The van der Waals surface area contributed by atoms with Gasteiger partial charge in [0.25, 0.3) is 0 Å². The van der Waals surface area contributed by atoms with E-state index in [2.05, 4.69) is 5.32 Å². The number of alkyl carbamates (subject to hydrolysis) is 1. The van der Waals surface area contributed by atoms with Crippen LogP contribution in [0.3, 0.4) is 0 Å². The highest BCUT2D eigenvalue weighted by Gasteiger charge is 2.41. The standard InChI is InChI=1S/C16H30N4O4/c1-14(2,3)23-12(21)19-16(11(17)18)7-9-20(10-8-16)13(22)24-15(4,5)6/h7-10H2,1-6H3,(H3,17,18)(H,19,21). The van der Waals surface area contributed by atoms with E-state index in [0.717, 1.165) is 0 Å². The molecule has 138 valence electrons. The summed E-state index contributed by atoms with van der Waals surface area (Å²) >= 11 is 0. The maximum atomic E-state index is 12.1. The van der Waals surface area contributed by atoms with E-state index in [0.29, 0.717) is 25.9 Å². The molecule has 8 heteroatoms. The molecule has 0 spiro atoms. The summed E-state index contributed by atoms with van der Waals surface area (Å²) in [6, 6.07) is 0. The van der Waals surface area contributed by atoms with Crippen LogP contribution in [0.25, 0.3) is 0 Å². The highest BCUT2D eigenvalue weighted by molar-refractivity contribution is 5.91. The third-order valence-electron chi connectivity index (χ3n) is 3.52. The van der Waals surface area contributed by atoms with Gasteiger partial charge in [-0.05, 0) is 54.4 Å². The van der Waals surface area contributed by atoms with Gasteiger partial charge in [-0.3, -0.25) is 5.41 Å². The lowest BCUT2D eigenvalue weighted by Gasteiger charge is -2.41. The zero-order chi connectivity index (χ0) is 18.8. The van der Waals surface area contributed by atoms with Crippen LogP contribution in [0.15, 0.2) is 0 Å². The number of hydrogen-bond acceptors (Lipinski definition) is 5. The van der Waals surface area contributed by atoms with Crippen molar-refractivity contribution in [2.75, 3.05) is 13.1 Å². The number of likely N-dealkylation sites (tertiary alicyclic amines) is 1. The molecule has 0 aromatic heterocycles. The minimum atomic E-state index is -0.999. The first-order valence-corrected chi connectivity index (χ1v) is 8.08. The van der Waals surface area contributed by atoms with Crippen molar-refractivity contribution in [1.29, 1.82) is 5.41 Å². The van der Waals surface area contributed by atoms with Gasteiger partial charge >= 0.3 is 12.2 Å². The maximum Gasteiger partial charge on any atom is 0.410 e. The van der Waals surface area contributed by atoms with Crippen LogP contribution in [0.4, 0.5) is 9.59 Å². The van der Waals surface area contributed by atoms with Crippen molar-refractivity contribution in [3.63, 3.8) is 0 Å². The summed E-state index contributed by atoms with van der Waals surface area (Å²) in [5.74, 6) is -0.141. The third-order valence-corrected chi connectivity index (χ3v) is 3.52. The Hall–Kier alpha value is -1.99. The second kappa shape index (κ2) is 6.86. The molecule has 0 aromatic rings. The third kappa shape index (κ3) is 5.90. The normalized spacial score (nSPS) is 17.8. The van der Waals surface area contributed by atoms with Crippen LogP contribution in [0, 0.1) is 5.41 Å². The predicted octanol–water partition coefficient (Wildman–Crippen LogP) is 2.22. The molecular weight excluding hydrogens is 312 g/mol. The van der Waals surface area contributed by atoms with E-state index in [4.69, 9.17) is 20.6 Å². The number of carbonyl (C=O) groups is 2. The van der Waals surface area contributed by atoms with Crippen LogP contribution in [0.2, 0.25) is 0 Å². The zero-order valence-corrected chi connectivity index (χ0v) is 15.5. The fourth-order valence-corrected chi connectivity index (χ4v) is 2.36. The minimum absolute atomic E-state index is 0.141. The molecule has 8 nitrogen and oxygen atoms in total. The number of amidine groups is 1. The first-order valence-electron chi connectivity index (χ1n) is 8.08. The van der Waals surface area contributed by atoms with Crippen molar-refractivity contribution in [3.05, 3.63) is 0 Å². The molecule has 4 N–H and O–H groups in total. The molecule has 1 fully saturated rings. The lowest BCUT2D eigenvalue weighted by molar-refractivity contribution is 0.0163. The van der Waals surface area contributed by atoms with Gasteiger partial charge in [0.2, 0.25) is 0 Å². The summed E-state index contributed by atoms with van der Waals surface area (Å²) in [6.45, 7) is 11.4. The molecule has 1 rings (SSSR count). The maximum absolute atomic E-state index is 12.1. The number of rotatable bonds is 2. The van der Waals surface area contributed by atoms with Crippen molar-refractivity contribution in [2.24, 2.45) is 5.73 Å². The summed E-state index contributed by atoms with van der Waals surface area (Å²) < 4.78 is 10.6. The molecule has 2 amide bonds. The fourth-order valence-electron chi connectivity index (χ4n) is 2.36. The van der Waals surface area contributed by atoms with E-state index >= 15 is 0 Å². The Bertz CT molecular complexity index is 497. The number of ether oxygens (including phenoxy) is 2. The fraction of sp³-hybridized carbons (Fsp3) is 0.812. The summed E-state index contributed by atoms with van der Waals surface area (Å²) in [4.78, 5) is 25.7. The average molecular weight is 342 g/mol. The predicted molar refractivity (Wildman–Crippen MR) is 91.1 cm³/mol. The Morgan fingerprint density at radius 2 is 1.50 bits per heavy atom. The van der Waals surface area contributed by atoms with Crippen molar-refractivity contribution in [3.8, 4) is 0 Å². The zero-order valence-electron chi connectivity index (χ0n) is 15.5. The van der Waals surface area contributed by atoms with Crippen LogP contribution in [0.5, 0.6) is 0 Å². The Morgan fingerprint density at radius 3 is 1.88 bits per heavy atom. The Balaban J connectivity index is 2.72. The van der Waals surface area contributed by atoms with Gasteiger partial charge in [0.15, 0.2) is 0 Å². The number of nitrogens with zero attached hydrogens (tertiary/aromatic N) is 1. The molecular formula is C16H30N4O4. The Labute approximate surface area is 143 Å². The van der Waals surface area contributed by atoms with Gasteiger partial charge in [-0.1, -0.05) is 0 Å². The Morgan fingerprint density at radius 1 is 1.04 bits per heavy atom. The number of carbonyl (C=O) groups excluding carboxylic acids is 2. The summed E-state index contributed by atoms with van der Waals surface area (Å²) in [6.07, 6.45) is -0.359. The first kappa shape index (κ1) is 20.1. The topological polar surface area (TPSA) is 118 Å². The molecule has 1 heterocycles. The number of piperidine rings is 1. The van der Waals surface area contributed by atoms with Gasteiger partial charge in [-0.15, -0.1) is 0 Å². The minimum Gasteiger partial charge on any atom is -0.444 e. The van der Waals surface area contributed by atoms with Crippen LogP contribution in [-0.4, -0.2) is 52.8 Å². The van der Waals surface area contributed by atoms with Crippen molar-refractivity contribution < 1.29 is 19.1 Å². The van der Waals surface area contributed by atoms with Crippen LogP contribution < -0.4 is 11.1 Å². The van der Waals surface area contributed by atoms with Gasteiger partial charge in [-0.25, -0.2) is 9.59 Å². The smallest absolute Gasteiger partial charge is 0.410 e.